The van der Waals surface area contributed by atoms with Crippen LogP contribution in [0.3, 0.4) is 0 Å². The average Bonchev–Trinajstić information content (AvgIpc) is 2.38. The molecule has 3 N–H and O–H groups in total. The number of nitrogens with one attached hydrogen (secondary N) is 1. The molecule has 7 heteroatoms. The highest BCUT2D eigenvalue weighted by molar-refractivity contribution is 7.98. The quantitative estimate of drug-likeness (QED) is 0.815. The maximum absolute atomic E-state index is 5.60. The van der Waals surface area contributed by atoms with E-state index in [2.05, 4.69) is 20.3 Å². The minimum Gasteiger partial charge on any atom is -0.495 e. The molecular weight excluding hydrogens is 250 g/mol. The van der Waals surface area contributed by atoms with Crippen LogP contribution in [0.1, 0.15) is 0 Å². The summed E-state index contributed by atoms with van der Waals surface area (Å²) in [6.07, 6.45) is 5.03. The standard InChI is InChI=1S/C11H13N5OS/c1-17-7-3-4-13-11(10(7)18-2)16-9-5-8(12)14-6-15-9/h3-6H,1-2H3,(H3,12,13,14,15,16). The molecule has 0 aliphatic rings. The fourth-order valence-corrected chi connectivity index (χ4v) is 2.09. The summed E-state index contributed by atoms with van der Waals surface area (Å²) in [6.45, 7) is 0. The number of anilines is 3. The fourth-order valence-electron chi connectivity index (χ4n) is 1.44. The van der Waals surface area contributed by atoms with Gasteiger partial charge < -0.3 is 15.8 Å². The van der Waals surface area contributed by atoms with Crippen molar-refractivity contribution >= 4 is 29.2 Å². The molecule has 0 atom stereocenters. The predicted molar refractivity (Wildman–Crippen MR) is 72.3 cm³/mol. The van der Waals surface area contributed by atoms with Crippen molar-refractivity contribution in [3.05, 3.63) is 24.7 Å². The van der Waals surface area contributed by atoms with E-state index in [1.165, 1.54) is 6.33 Å². The van der Waals surface area contributed by atoms with Gasteiger partial charge in [-0.2, -0.15) is 0 Å². The molecule has 0 saturated carbocycles. The Balaban J connectivity index is 2.34. The fraction of sp³-hybridized carbons (Fsp3) is 0.182. The minimum absolute atomic E-state index is 0.404. The number of thioether (sulfide) groups is 1. The number of ether oxygens (including phenoxy) is 1. The van der Waals surface area contributed by atoms with Gasteiger partial charge in [0.25, 0.3) is 0 Å². The molecular formula is C11H13N5OS. The molecule has 2 heterocycles. The van der Waals surface area contributed by atoms with Gasteiger partial charge in [0.05, 0.1) is 12.0 Å². The lowest BCUT2D eigenvalue weighted by atomic mass is 10.4. The Morgan fingerprint density at radius 1 is 1.33 bits per heavy atom. The lowest BCUT2D eigenvalue weighted by molar-refractivity contribution is 0.404. The molecule has 18 heavy (non-hydrogen) atoms. The van der Waals surface area contributed by atoms with Gasteiger partial charge in [0.1, 0.15) is 29.5 Å². The number of aromatic nitrogens is 3. The zero-order valence-electron chi connectivity index (χ0n) is 10.0. The third-order valence-electron chi connectivity index (χ3n) is 2.23. The number of hydrogen-bond donors (Lipinski definition) is 2. The van der Waals surface area contributed by atoms with Crippen molar-refractivity contribution in [2.75, 3.05) is 24.4 Å². The largest absolute Gasteiger partial charge is 0.495 e. The first-order valence-electron chi connectivity index (χ1n) is 5.16. The second kappa shape index (κ2) is 5.54. The molecule has 0 saturated heterocycles. The number of nitrogens with zero attached hydrogens (tertiary/aromatic N) is 3. The first-order chi connectivity index (χ1) is 8.74. The zero-order chi connectivity index (χ0) is 13.0. The van der Waals surface area contributed by atoms with Gasteiger partial charge in [0, 0.05) is 12.3 Å². The Hall–Kier alpha value is -2.02. The van der Waals surface area contributed by atoms with E-state index in [0.717, 1.165) is 10.6 Å². The van der Waals surface area contributed by atoms with E-state index in [0.29, 0.717) is 17.5 Å². The van der Waals surface area contributed by atoms with E-state index < -0.39 is 0 Å². The van der Waals surface area contributed by atoms with Crippen LogP contribution in [-0.2, 0) is 0 Å². The minimum atomic E-state index is 0.404. The molecule has 0 radical (unpaired) electrons. The van der Waals surface area contributed by atoms with Gasteiger partial charge in [-0.1, -0.05) is 0 Å². The summed E-state index contributed by atoms with van der Waals surface area (Å²) < 4.78 is 5.28. The highest BCUT2D eigenvalue weighted by Crippen LogP contribution is 2.34. The average molecular weight is 263 g/mol. The van der Waals surface area contributed by atoms with Crippen molar-refractivity contribution in [2.45, 2.75) is 4.90 Å². The molecule has 94 valence electrons. The third kappa shape index (κ3) is 2.62. The normalized spacial score (nSPS) is 10.1. The number of hydrogen-bond acceptors (Lipinski definition) is 7. The van der Waals surface area contributed by atoms with Crippen LogP contribution < -0.4 is 15.8 Å². The Labute approximate surface area is 109 Å². The lowest BCUT2D eigenvalue weighted by Crippen LogP contribution is -2.01. The molecule has 2 aromatic heterocycles. The molecule has 0 aliphatic heterocycles. The highest BCUT2D eigenvalue weighted by Gasteiger charge is 2.10. The van der Waals surface area contributed by atoms with Crippen molar-refractivity contribution in [3.63, 3.8) is 0 Å². The van der Waals surface area contributed by atoms with Crippen LogP contribution in [-0.4, -0.2) is 28.3 Å². The molecule has 0 aliphatic carbocycles. The molecule has 0 fully saturated rings. The van der Waals surface area contributed by atoms with Crippen LogP contribution in [0.15, 0.2) is 29.6 Å². The molecule has 6 nitrogen and oxygen atoms in total. The van der Waals surface area contributed by atoms with Crippen LogP contribution in [0.25, 0.3) is 0 Å². The SMILES string of the molecule is COc1ccnc(Nc2cc(N)ncn2)c1SC. The van der Waals surface area contributed by atoms with Crippen molar-refractivity contribution in [2.24, 2.45) is 0 Å². The van der Waals surface area contributed by atoms with Crippen LogP contribution >= 0.6 is 11.8 Å². The van der Waals surface area contributed by atoms with Gasteiger partial charge in [0.15, 0.2) is 0 Å². The third-order valence-corrected chi connectivity index (χ3v) is 3.03. The van der Waals surface area contributed by atoms with E-state index in [-0.39, 0.29) is 0 Å². The van der Waals surface area contributed by atoms with E-state index in [9.17, 15) is 0 Å². The molecule has 0 amide bonds. The summed E-state index contributed by atoms with van der Waals surface area (Å²) in [6, 6.07) is 3.45. The Kier molecular flexibility index (Phi) is 3.83. The van der Waals surface area contributed by atoms with E-state index >= 15 is 0 Å². The summed E-state index contributed by atoms with van der Waals surface area (Å²) in [7, 11) is 1.63. The molecule has 0 unspecified atom stereocenters. The molecule has 2 rings (SSSR count). The lowest BCUT2D eigenvalue weighted by Gasteiger charge is -2.11. The van der Waals surface area contributed by atoms with Crippen molar-refractivity contribution in [1.82, 2.24) is 15.0 Å². The Bertz CT molecular complexity index is 549. The maximum Gasteiger partial charge on any atom is 0.148 e. The van der Waals surface area contributed by atoms with Gasteiger partial charge in [-0.15, -0.1) is 11.8 Å². The van der Waals surface area contributed by atoms with Crippen molar-refractivity contribution in [3.8, 4) is 5.75 Å². The number of nitrogen functional groups attached to an aromatic ring is 1. The summed E-state index contributed by atoms with van der Waals surface area (Å²) in [4.78, 5) is 13.1. The van der Waals surface area contributed by atoms with Crippen LogP contribution in [0.5, 0.6) is 5.75 Å². The van der Waals surface area contributed by atoms with Crippen LogP contribution in [0.4, 0.5) is 17.5 Å². The molecule has 2 aromatic rings. The van der Waals surface area contributed by atoms with Gasteiger partial charge in [-0.25, -0.2) is 15.0 Å². The summed E-state index contributed by atoms with van der Waals surface area (Å²) in [5.41, 5.74) is 5.60. The number of nitrogens with two attached hydrogens (primary N) is 1. The van der Waals surface area contributed by atoms with Gasteiger partial charge in [0.2, 0.25) is 0 Å². The first-order valence-corrected chi connectivity index (χ1v) is 6.38. The summed E-state index contributed by atoms with van der Waals surface area (Å²) in [5, 5.41) is 3.10. The second-order valence-electron chi connectivity index (χ2n) is 3.35. The summed E-state index contributed by atoms with van der Waals surface area (Å²) in [5.74, 6) is 2.45. The Morgan fingerprint density at radius 2 is 2.17 bits per heavy atom. The van der Waals surface area contributed by atoms with E-state index in [4.69, 9.17) is 10.5 Å². The number of methoxy groups -OCH3 is 1. The zero-order valence-corrected chi connectivity index (χ0v) is 10.9. The number of pyridine rings is 1. The number of rotatable bonds is 4. The van der Waals surface area contributed by atoms with E-state index in [1.807, 2.05) is 12.3 Å². The summed E-state index contributed by atoms with van der Waals surface area (Å²) >= 11 is 1.55. The molecule has 0 aromatic carbocycles. The van der Waals surface area contributed by atoms with Crippen molar-refractivity contribution in [1.29, 1.82) is 0 Å². The van der Waals surface area contributed by atoms with Gasteiger partial charge in [-0.05, 0) is 12.3 Å². The predicted octanol–water partition coefficient (Wildman–Crippen LogP) is 1.93. The smallest absolute Gasteiger partial charge is 0.148 e. The van der Waals surface area contributed by atoms with Gasteiger partial charge in [-0.3, -0.25) is 0 Å². The monoisotopic (exact) mass is 263 g/mol. The highest BCUT2D eigenvalue weighted by atomic mass is 32.2. The van der Waals surface area contributed by atoms with E-state index in [1.54, 1.807) is 31.1 Å². The second-order valence-corrected chi connectivity index (χ2v) is 4.16. The molecule has 0 bridgehead atoms. The topological polar surface area (TPSA) is 86.0 Å². The van der Waals surface area contributed by atoms with Gasteiger partial charge >= 0.3 is 0 Å². The molecule has 0 spiro atoms. The van der Waals surface area contributed by atoms with Crippen molar-refractivity contribution < 1.29 is 4.74 Å². The maximum atomic E-state index is 5.60. The first kappa shape index (κ1) is 12.4. The Morgan fingerprint density at radius 3 is 2.83 bits per heavy atom. The van der Waals surface area contributed by atoms with Crippen LogP contribution in [0, 0.1) is 0 Å². The van der Waals surface area contributed by atoms with Crippen LogP contribution in [0.2, 0.25) is 0 Å².